The maximum absolute atomic E-state index is 12.6. The Hall–Kier alpha value is -3.69. The van der Waals surface area contributed by atoms with E-state index in [9.17, 15) is 18.0 Å². The number of alkyl halides is 3. The van der Waals surface area contributed by atoms with Crippen LogP contribution in [0.3, 0.4) is 0 Å². The van der Waals surface area contributed by atoms with Gasteiger partial charge in [-0.3, -0.25) is 9.78 Å². The number of pyridine rings is 1. The normalized spacial score (nSPS) is 16.2. The van der Waals surface area contributed by atoms with E-state index in [-0.39, 0.29) is 11.6 Å². The summed E-state index contributed by atoms with van der Waals surface area (Å²) in [5.41, 5.74) is 1.41. The predicted molar refractivity (Wildman–Crippen MR) is 106 cm³/mol. The Bertz CT molecular complexity index is 1060. The van der Waals surface area contributed by atoms with Gasteiger partial charge in [0.1, 0.15) is 5.75 Å². The molecule has 0 saturated carbocycles. The van der Waals surface area contributed by atoms with E-state index in [1.165, 1.54) is 18.2 Å². The number of ether oxygens (including phenoxy) is 1. The van der Waals surface area contributed by atoms with Crippen LogP contribution in [0.2, 0.25) is 0 Å². The average Bonchev–Trinajstić information content (AvgIpc) is 3.22. The third-order valence-corrected chi connectivity index (χ3v) is 4.76. The van der Waals surface area contributed by atoms with E-state index in [1.54, 1.807) is 24.7 Å². The van der Waals surface area contributed by atoms with Crippen molar-refractivity contribution in [2.24, 2.45) is 0 Å². The van der Waals surface area contributed by atoms with Gasteiger partial charge in [-0.25, -0.2) is 9.97 Å². The Morgan fingerprint density at radius 1 is 1.13 bits per heavy atom. The number of hydrogen-bond donors (Lipinski definition) is 1. The molecule has 10 heteroatoms. The molecule has 7 nitrogen and oxygen atoms in total. The van der Waals surface area contributed by atoms with Gasteiger partial charge in [-0.05, 0) is 36.8 Å². The maximum atomic E-state index is 12.6. The Morgan fingerprint density at radius 2 is 1.97 bits per heavy atom. The van der Waals surface area contributed by atoms with Crippen molar-refractivity contribution >= 4 is 11.9 Å². The topological polar surface area (TPSA) is 80.2 Å². The Kier molecular flexibility index (Phi) is 5.70. The summed E-state index contributed by atoms with van der Waals surface area (Å²) < 4.78 is 41.8. The molecule has 3 heterocycles. The zero-order chi connectivity index (χ0) is 21.8. The molecule has 1 aromatic carbocycles. The van der Waals surface area contributed by atoms with Crippen LogP contribution < -0.4 is 15.0 Å². The molecule has 4 rings (SSSR count). The van der Waals surface area contributed by atoms with Crippen LogP contribution in [0.1, 0.15) is 16.8 Å². The Labute approximate surface area is 175 Å². The van der Waals surface area contributed by atoms with Gasteiger partial charge in [0.05, 0.1) is 11.3 Å². The fourth-order valence-electron chi connectivity index (χ4n) is 3.37. The summed E-state index contributed by atoms with van der Waals surface area (Å²) >= 11 is 0. The molecule has 160 valence electrons. The molecule has 1 aliphatic rings. The smallest absolute Gasteiger partial charge is 0.405 e. The highest BCUT2D eigenvalue weighted by Gasteiger charge is 2.33. The lowest BCUT2D eigenvalue weighted by atomic mass is 10.1. The Morgan fingerprint density at radius 3 is 2.74 bits per heavy atom. The van der Waals surface area contributed by atoms with Crippen molar-refractivity contribution in [3.8, 4) is 17.0 Å². The molecular weight excluding hydrogens is 411 g/mol. The quantitative estimate of drug-likeness (QED) is 0.669. The van der Waals surface area contributed by atoms with Crippen LogP contribution in [0.15, 0.2) is 61.1 Å². The molecule has 2 aromatic heterocycles. The highest BCUT2D eigenvalue weighted by Crippen LogP contribution is 2.27. The van der Waals surface area contributed by atoms with E-state index in [0.717, 1.165) is 17.3 Å². The van der Waals surface area contributed by atoms with Gasteiger partial charge in [0.2, 0.25) is 5.95 Å². The second kappa shape index (κ2) is 8.58. The first-order chi connectivity index (χ1) is 14.9. The van der Waals surface area contributed by atoms with E-state index in [1.807, 2.05) is 17.0 Å². The van der Waals surface area contributed by atoms with Crippen molar-refractivity contribution in [1.29, 1.82) is 0 Å². The summed E-state index contributed by atoms with van der Waals surface area (Å²) in [6.07, 6.45) is 0.768. The first-order valence-corrected chi connectivity index (χ1v) is 9.53. The maximum Gasteiger partial charge on any atom is 0.573 e. The molecular formula is C21H18F3N5O2. The van der Waals surface area contributed by atoms with Gasteiger partial charge in [-0.2, -0.15) is 0 Å². The van der Waals surface area contributed by atoms with Crippen LogP contribution in [0.25, 0.3) is 11.3 Å². The first-order valence-electron chi connectivity index (χ1n) is 9.53. The lowest BCUT2D eigenvalue weighted by Gasteiger charge is -2.18. The van der Waals surface area contributed by atoms with Crippen LogP contribution in [-0.2, 0) is 0 Å². The molecule has 0 spiro atoms. The molecule has 1 amide bonds. The van der Waals surface area contributed by atoms with E-state index >= 15 is 0 Å². The zero-order valence-electron chi connectivity index (χ0n) is 16.2. The van der Waals surface area contributed by atoms with Crippen molar-refractivity contribution in [2.45, 2.75) is 18.8 Å². The highest BCUT2D eigenvalue weighted by atomic mass is 19.4. The van der Waals surface area contributed by atoms with Gasteiger partial charge in [0.15, 0.2) is 0 Å². The zero-order valence-corrected chi connectivity index (χ0v) is 16.2. The fourth-order valence-corrected chi connectivity index (χ4v) is 3.37. The number of anilines is 1. The number of nitrogens with zero attached hydrogens (tertiary/aromatic N) is 4. The van der Waals surface area contributed by atoms with Gasteiger partial charge in [0.25, 0.3) is 5.91 Å². The summed E-state index contributed by atoms with van der Waals surface area (Å²) in [4.78, 5) is 27.5. The molecule has 1 N–H and O–H groups in total. The fraction of sp³-hybridized carbons (Fsp3) is 0.238. The van der Waals surface area contributed by atoms with E-state index in [0.29, 0.717) is 25.5 Å². The van der Waals surface area contributed by atoms with E-state index in [2.05, 4.69) is 25.0 Å². The number of para-hydroxylation sites is 1. The van der Waals surface area contributed by atoms with Gasteiger partial charge in [0, 0.05) is 43.3 Å². The van der Waals surface area contributed by atoms with Crippen LogP contribution in [0.5, 0.6) is 5.75 Å². The molecule has 1 atom stereocenters. The first kappa shape index (κ1) is 20.6. The average molecular weight is 429 g/mol. The SMILES string of the molecule is O=C(NC1CCN(c2nccc(-c3cccnc3)n2)C1)c1ccccc1OC(F)(F)F. The number of aromatic nitrogens is 3. The minimum absolute atomic E-state index is 0.173. The van der Waals surface area contributed by atoms with E-state index in [4.69, 9.17) is 0 Å². The third-order valence-electron chi connectivity index (χ3n) is 4.76. The largest absolute Gasteiger partial charge is 0.573 e. The molecule has 1 saturated heterocycles. The number of rotatable bonds is 5. The van der Waals surface area contributed by atoms with Gasteiger partial charge < -0.3 is 15.0 Å². The lowest BCUT2D eigenvalue weighted by Crippen LogP contribution is -2.37. The monoisotopic (exact) mass is 429 g/mol. The number of hydrogen-bond acceptors (Lipinski definition) is 6. The van der Waals surface area contributed by atoms with Crippen molar-refractivity contribution in [1.82, 2.24) is 20.3 Å². The van der Waals surface area contributed by atoms with Gasteiger partial charge in [-0.15, -0.1) is 13.2 Å². The van der Waals surface area contributed by atoms with Crippen molar-refractivity contribution in [3.05, 3.63) is 66.6 Å². The number of carbonyl (C=O) groups excluding carboxylic acids is 1. The van der Waals surface area contributed by atoms with Gasteiger partial charge in [-0.1, -0.05) is 12.1 Å². The van der Waals surface area contributed by atoms with Crippen LogP contribution >= 0.6 is 0 Å². The van der Waals surface area contributed by atoms with Crippen molar-refractivity contribution in [3.63, 3.8) is 0 Å². The molecule has 0 bridgehead atoms. The lowest BCUT2D eigenvalue weighted by molar-refractivity contribution is -0.274. The number of halogens is 3. The minimum atomic E-state index is -4.88. The van der Waals surface area contributed by atoms with Crippen LogP contribution in [-0.4, -0.2) is 46.4 Å². The number of nitrogens with one attached hydrogen (secondary N) is 1. The van der Waals surface area contributed by atoms with Crippen molar-refractivity contribution < 1.29 is 22.7 Å². The summed E-state index contributed by atoms with van der Waals surface area (Å²) in [5.74, 6) is -0.648. The highest BCUT2D eigenvalue weighted by molar-refractivity contribution is 5.97. The summed E-state index contributed by atoms with van der Waals surface area (Å²) in [6.45, 7) is 1.03. The van der Waals surface area contributed by atoms with Gasteiger partial charge >= 0.3 is 6.36 Å². The third kappa shape index (κ3) is 5.08. The number of benzene rings is 1. The molecule has 1 fully saturated rings. The summed E-state index contributed by atoms with van der Waals surface area (Å²) in [5, 5.41) is 2.77. The number of carbonyl (C=O) groups is 1. The Balaban J connectivity index is 1.43. The van der Waals surface area contributed by atoms with Crippen molar-refractivity contribution in [2.75, 3.05) is 18.0 Å². The van der Waals surface area contributed by atoms with E-state index < -0.39 is 18.0 Å². The number of amides is 1. The molecule has 31 heavy (non-hydrogen) atoms. The van der Waals surface area contributed by atoms with Crippen LogP contribution in [0, 0.1) is 0 Å². The minimum Gasteiger partial charge on any atom is -0.405 e. The molecule has 0 aliphatic carbocycles. The standard InChI is InChI=1S/C21H18F3N5O2/c22-21(23,24)31-18-6-2-1-5-16(18)19(30)27-15-8-11-29(13-15)20-26-10-7-17(28-20)14-4-3-9-25-12-14/h1-7,9-10,12,15H,8,11,13H2,(H,27,30). The summed E-state index contributed by atoms with van der Waals surface area (Å²) in [7, 11) is 0. The molecule has 0 radical (unpaired) electrons. The summed E-state index contributed by atoms with van der Waals surface area (Å²) in [6, 6.07) is 10.5. The molecule has 3 aromatic rings. The predicted octanol–water partition coefficient (Wildman–Crippen LogP) is 3.45. The second-order valence-corrected chi connectivity index (χ2v) is 6.93. The molecule has 1 unspecified atom stereocenters. The molecule has 1 aliphatic heterocycles. The second-order valence-electron chi connectivity index (χ2n) is 6.93. The van der Waals surface area contributed by atoms with Crippen LogP contribution in [0.4, 0.5) is 19.1 Å².